The third-order valence-corrected chi connectivity index (χ3v) is 6.70. The predicted octanol–water partition coefficient (Wildman–Crippen LogP) is 2.46. The number of hydrogen-bond donors (Lipinski definition) is 2. The van der Waals surface area contributed by atoms with E-state index in [-0.39, 0.29) is 23.9 Å². The first-order valence-corrected chi connectivity index (χ1v) is 11.9. The zero-order valence-electron chi connectivity index (χ0n) is 19.4. The molecule has 2 N–H and O–H groups in total. The number of piperazine rings is 1. The summed E-state index contributed by atoms with van der Waals surface area (Å²) in [6, 6.07) is 10.0. The van der Waals surface area contributed by atoms with Gasteiger partial charge in [-0.1, -0.05) is 0 Å². The van der Waals surface area contributed by atoms with Crippen molar-refractivity contribution in [1.82, 2.24) is 15.2 Å². The zero-order chi connectivity index (χ0) is 22.9. The minimum atomic E-state index is -0.0532. The number of rotatable bonds is 5. The van der Waals surface area contributed by atoms with Crippen molar-refractivity contribution < 1.29 is 9.59 Å². The predicted molar refractivity (Wildman–Crippen MR) is 130 cm³/mol. The fourth-order valence-corrected chi connectivity index (χ4v) is 5.01. The molecule has 33 heavy (non-hydrogen) atoms. The van der Waals surface area contributed by atoms with Gasteiger partial charge in [0.2, 0.25) is 5.91 Å². The van der Waals surface area contributed by atoms with Crippen LogP contribution in [-0.2, 0) is 11.3 Å². The van der Waals surface area contributed by atoms with E-state index >= 15 is 0 Å². The van der Waals surface area contributed by atoms with E-state index in [1.54, 1.807) is 0 Å². The van der Waals surface area contributed by atoms with Gasteiger partial charge < -0.3 is 20.4 Å². The van der Waals surface area contributed by atoms with Gasteiger partial charge in [-0.2, -0.15) is 0 Å². The van der Waals surface area contributed by atoms with Gasteiger partial charge in [0.15, 0.2) is 5.82 Å². The molecule has 1 atom stereocenters. The smallest absolute Gasteiger partial charge is 0.251 e. The average Bonchev–Trinajstić information content (AvgIpc) is 3.30. The van der Waals surface area contributed by atoms with Crippen LogP contribution in [0.2, 0.25) is 0 Å². The van der Waals surface area contributed by atoms with Crippen molar-refractivity contribution in [2.45, 2.75) is 45.3 Å². The van der Waals surface area contributed by atoms with Crippen LogP contribution >= 0.6 is 0 Å². The monoisotopic (exact) mass is 448 g/mol. The molecule has 5 rings (SSSR count). The Balaban J connectivity index is 1.17. The number of anilines is 3. The SMILES string of the molecule is CC(C)NC(=O)c1ccc(N2CCN(Cc3cnc4c(c3)NC(=O)C3CCCN43)CC2)cc1. The number of carbonyl (C=O) groups is 2. The van der Waals surface area contributed by atoms with Crippen LogP contribution in [0, 0.1) is 0 Å². The Morgan fingerprint density at radius 1 is 1.15 bits per heavy atom. The summed E-state index contributed by atoms with van der Waals surface area (Å²) in [7, 11) is 0. The highest BCUT2D eigenvalue weighted by Crippen LogP contribution is 2.35. The highest BCUT2D eigenvalue weighted by atomic mass is 16.2. The van der Waals surface area contributed by atoms with Crippen LogP contribution < -0.4 is 20.4 Å². The summed E-state index contributed by atoms with van der Waals surface area (Å²) in [5.41, 5.74) is 3.81. The van der Waals surface area contributed by atoms with Crippen LogP contribution in [0.15, 0.2) is 36.5 Å². The molecule has 8 heteroatoms. The Bertz CT molecular complexity index is 1030. The lowest BCUT2D eigenvalue weighted by Crippen LogP contribution is -2.46. The summed E-state index contributed by atoms with van der Waals surface area (Å²) < 4.78 is 0. The molecular weight excluding hydrogens is 416 g/mol. The molecule has 2 amide bonds. The first-order valence-electron chi connectivity index (χ1n) is 11.9. The van der Waals surface area contributed by atoms with E-state index in [0.29, 0.717) is 5.56 Å². The zero-order valence-corrected chi connectivity index (χ0v) is 19.4. The molecule has 3 aliphatic heterocycles. The molecule has 1 aromatic carbocycles. The van der Waals surface area contributed by atoms with Gasteiger partial charge in [0.05, 0.1) is 5.69 Å². The van der Waals surface area contributed by atoms with Crippen molar-refractivity contribution in [3.8, 4) is 0 Å². The third kappa shape index (κ3) is 4.53. The number of benzene rings is 1. The summed E-state index contributed by atoms with van der Waals surface area (Å²) in [6.07, 6.45) is 3.91. The molecule has 174 valence electrons. The third-order valence-electron chi connectivity index (χ3n) is 6.70. The van der Waals surface area contributed by atoms with Crippen LogP contribution in [0.4, 0.5) is 17.2 Å². The maximum Gasteiger partial charge on any atom is 0.251 e. The minimum Gasteiger partial charge on any atom is -0.369 e. The van der Waals surface area contributed by atoms with Gasteiger partial charge in [0.1, 0.15) is 6.04 Å². The number of pyridine rings is 1. The van der Waals surface area contributed by atoms with Crippen molar-refractivity contribution in [2.75, 3.05) is 47.8 Å². The minimum absolute atomic E-state index is 0.0310. The summed E-state index contributed by atoms with van der Waals surface area (Å²) in [4.78, 5) is 36.2. The second-order valence-electron chi connectivity index (χ2n) is 9.49. The van der Waals surface area contributed by atoms with Gasteiger partial charge in [-0.25, -0.2) is 4.98 Å². The van der Waals surface area contributed by atoms with Crippen molar-refractivity contribution in [3.05, 3.63) is 47.7 Å². The van der Waals surface area contributed by atoms with Gasteiger partial charge >= 0.3 is 0 Å². The van der Waals surface area contributed by atoms with Gasteiger partial charge in [-0.15, -0.1) is 0 Å². The van der Waals surface area contributed by atoms with Crippen molar-refractivity contribution in [2.24, 2.45) is 0 Å². The summed E-state index contributed by atoms with van der Waals surface area (Å²) in [5, 5.41) is 5.99. The van der Waals surface area contributed by atoms with E-state index in [1.807, 2.05) is 44.3 Å². The number of nitrogens with one attached hydrogen (secondary N) is 2. The van der Waals surface area contributed by atoms with Crippen LogP contribution in [0.5, 0.6) is 0 Å². The topological polar surface area (TPSA) is 80.8 Å². The number of fused-ring (bicyclic) bond motifs is 3. The van der Waals surface area contributed by atoms with Crippen LogP contribution in [0.25, 0.3) is 0 Å². The molecule has 0 bridgehead atoms. The van der Waals surface area contributed by atoms with E-state index in [9.17, 15) is 9.59 Å². The van der Waals surface area contributed by atoms with Gasteiger partial charge in [0, 0.05) is 62.8 Å². The van der Waals surface area contributed by atoms with Gasteiger partial charge in [-0.05, 0) is 62.6 Å². The lowest BCUT2D eigenvalue weighted by atomic mass is 10.1. The molecule has 8 nitrogen and oxygen atoms in total. The molecule has 1 unspecified atom stereocenters. The first-order chi connectivity index (χ1) is 16.0. The fourth-order valence-electron chi connectivity index (χ4n) is 5.01. The molecule has 0 aliphatic carbocycles. The summed E-state index contributed by atoms with van der Waals surface area (Å²) in [5.74, 6) is 0.980. The fraction of sp³-hybridized carbons (Fsp3) is 0.480. The van der Waals surface area contributed by atoms with Crippen LogP contribution in [-0.4, -0.2) is 66.5 Å². The highest BCUT2D eigenvalue weighted by Gasteiger charge is 2.37. The summed E-state index contributed by atoms with van der Waals surface area (Å²) in [6.45, 7) is 9.42. The molecule has 0 saturated carbocycles. The van der Waals surface area contributed by atoms with E-state index < -0.39 is 0 Å². The standard InChI is InChI=1S/C25H32N6O2/c1-17(2)27-24(32)19-5-7-20(8-6-19)30-12-10-29(11-13-30)16-18-14-21-23(26-15-18)31-9-3-4-22(31)25(33)28-21/h5-8,14-15,17,22H,3-4,9-13,16H2,1-2H3,(H,27,32)(H,28,33). The van der Waals surface area contributed by atoms with E-state index in [2.05, 4.69) is 31.4 Å². The number of amides is 2. The van der Waals surface area contributed by atoms with E-state index in [1.165, 1.54) is 0 Å². The van der Waals surface area contributed by atoms with Gasteiger partial charge in [-0.3, -0.25) is 14.5 Å². The van der Waals surface area contributed by atoms with E-state index in [0.717, 1.165) is 74.9 Å². The summed E-state index contributed by atoms with van der Waals surface area (Å²) >= 11 is 0. The molecule has 4 heterocycles. The molecular formula is C25H32N6O2. The second-order valence-corrected chi connectivity index (χ2v) is 9.49. The molecule has 2 aromatic rings. The molecule has 3 aliphatic rings. The maximum atomic E-state index is 12.4. The Hall–Kier alpha value is -3.13. The molecule has 2 fully saturated rings. The lowest BCUT2D eigenvalue weighted by Gasteiger charge is -2.36. The number of nitrogens with zero attached hydrogens (tertiary/aromatic N) is 4. The Kier molecular flexibility index (Phi) is 5.93. The Morgan fingerprint density at radius 3 is 2.64 bits per heavy atom. The molecule has 0 radical (unpaired) electrons. The number of carbonyl (C=O) groups excluding carboxylic acids is 2. The van der Waals surface area contributed by atoms with Crippen LogP contribution in [0.1, 0.15) is 42.6 Å². The van der Waals surface area contributed by atoms with Crippen molar-refractivity contribution >= 4 is 29.0 Å². The lowest BCUT2D eigenvalue weighted by molar-refractivity contribution is -0.117. The Labute approximate surface area is 195 Å². The van der Waals surface area contributed by atoms with Crippen LogP contribution in [0.3, 0.4) is 0 Å². The molecule has 2 saturated heterocycles. The first kappa shape index (κ1) is 21.7. The van der Waals surface area contributed by atoms with E-state index in [4.69, 9.17) is 4.98 Å². The van der Waals surface area contributed by atoms with Crippen molar-refractivity contribution in [1.29, 1.82) is 0 Å². The maximum absolute atomic E-state index is 12.4. The Morgan fingerprint density at radius 2 is 1.91 bits per heavy atom. The second kappa shape index (κ2) is 9.02. The van der Waals surface area contributed by atoms with Crippen molar-refractivity contribution in [3.63, 3.8) is 0 Å². The largest absolute Gasteiger partial charge is 0.369 e. The highest BCUT2D eigenvalue weighted by molar-refractivity contribution is 6.03. The van der Waals surface area contributed by atoms with Gasteiger partial charge in [0.25, 0.3) is 5.91 Å². The molecule has 0 spiro atoms. The average molecular weight is 449 g/mol. The number of hydrogen-bond acceptors (Lipinski definition) is 6. The quantitative estimate of drug-likeness (QED) is 0.732. The normalized spacial score (nSPS) is 20.5. The number of aromatic nitrogens is 1. The molecule has 1 aromatic heterocycles.